The Morgan fingerprint density at radius 3 is 2.08 bits per heavy atom. The van der Waals surface area contributed by atoms with Gasteiger partial charge in [-0.25, -0.2) is 14.0 Å². The molecule has 1 fully saturated rings. The summed E-state index contributed by atoms with van der Waals surface area (Å²) in [7, 11) is 0. The molecule has 0 bridgehead atoms. The number of aromatic nitrogens is 4. The highest BCUT2D eigenvalue weighted by molar-refractivity contribution is 5.98. The molecule has 20 heteroatoms. The summed E-state index contributed by atoms with van der Waals surface area (Å²) in [5.74, 6) is -4.27. The number of benzene rings is 3. The average molecular weight is 842 g/mol. The van der Waals surface area contributed by atoms with E-state index in [-0.39, 0.29) is 35.3 Å². The number of carboxylic acids is 1. The largest absolute Gasteiger partial charge is 0.490 e. The highest BCUT2D eigenvalue weighted by Crippen LogP contribution is 2.29. The summed E-state index contributed by atoms with van der Waals surface area (Å²) in [6, 6.07) is 17.7. The van der Waals surface area contributed by atoms with E-state index in [2.05, 4.69) is 46.8 Å². The van der Waals surface area contributed by atoms with Gasteiger partial charge in [-0.15, -0.1) is 10.2 Å². The zero-order valence-electron chi connectivity index (χ0n) is 32.9. The van der Waals surface area contributed by atoms with Gasteiger partial charge in [0.1, 0.15) is 11.9 Å². The van der Waals surface area contributed by atoms with Crippen molar-refractivity contribution in [3.05, 3.63) is 83.7 Å². The van der Waals surface area contributed by atoms with Gasteiger partial charge in [0.2, 0.25) is 17.6 Å². The molecular weight excluding hydrogens is 794 g/mol. The highest BCUT2D eigenvalue weighted by Gasteiger charge is 2.38. The second-order valence-corrected chi connectivity index (χ2v) is 13.9. The maximum absolute atomic E-state index is 15.7. The van der Waals surface area contributed by atoms with Crippen molar-refractivity contribution in [2.75, 3.05) is 38.0 Å². The first-order chi connectivity index (χ1) is 28.6. The van der Waals surface area contributed by atoms with Gasteiger partial charge in [-0.1, -0.05) is 50.2 Å². The minimum atomic E-state index is -5.08. The Labute approximate surface area is 342 Å². The van der Waals surface area contributed by atoms with Crippen LogP contribution in [0, 0.1) is 17.7 Å². The number of rotatable bonds is 16. The molecule has 0 spiro atoms. The molecule has 7 N–H and O–H groups in total. The van der Waals surface area contributed by atoms with E-state index in [4.69, 9.17) is 15.0 Å². The number of nitrogens with zero attached hydrogens (tertiary/aromatic N) is 4. The van der Waals surface area contributed by atoms with E-state index < -0.39 is 41.9 Å². The molecule has 1 aliphatic rings. The first-order valence-electron chi connectivity index (χ1n) is 19.2. The number of halogens is 4. The lowest BCUT2D eigenvalue weighted by atomic mass is 9.81. The van der Waals surface area contributed by atoms with E-state index in [0.29, 0.717) is 68.0 Å². The Bertz CT molecular complexity index is 2040. The number of tetrazole rings is 1. The Kier molecular flexibility index (Phi) is 17.0. The summed E-state index contributed by atoms with van der Waals surface area (Å²) < 4.78 is 47.4. The van der Waals surface area contributed by atoms with E-state index in [1.54, 1.807) is 60.7 Å². The van der Waals surface area contributed by atoms with Crippen molar-refractivity contribution in [3.63, 3.8) is 0 Å². The minimum absolute atomic E-state index is 0.0388. The number of likely N-dealkylation sites (N-methyl/N-ethyl adjacent to an activating group) is 1. The summed E-state index contributed by atoms with van der Waals surface area (Å²) in [5, 5.41) is 41.0. The zero-order chi connectivity index (χ0) is 43.8. The molecule has 0 unspecified atom stereocenters. The van der Waals surface area contributed by atoms with Crippen LogP contribution in [0.4, 0.5) is 28.0 Å². The summed E-state index contributed by atoms with van der Waals surface area (Å²) in [6.45, 7) is 7.22. The fourth-order valence-electron chi connectivity index (χ4n) is 6.52. The molecule has 0 radical (unpaired) electrons. The molecular formula is C40H47F4N9O7. The fourth-order valence-corrected chi connectivity index (χ4v) is 6.52. The van der Waals surface area contributed by atoms with Crippen LogP contribution in [0.2, 0.25) is 0 Å². The topological polar surface area (TPSA) is 232 Å². The van der Waals surface area contributed by atoms with Gasteiger partial charge in [-0.3, -0.25) is 14.4 Å². The lowest BCUT2D eigenvalue weighted by molar-refractivity contribution is -0.192. The third-order valence-corrected chi connectivity index (χ3v) is 9.95. The quantitative estimate of drug-likeness (QED) is 0.0733. The molecule has 1 aliphatic carbocycles. The molecule has 1 saturated carbocycles. The molecule has 5 rings (SSSR count). The Morgan fingerprint density at radius 2 is 1.52 bits per heavy atom. The number of hydrogen-bond donors (Lipinski definition) is 7. The van der Waals surface area contributed by atoms with Crippen molar-refractivity contribution in [1.82, 2.24) is 41.5 Å². The lowest BCUT2D eigenvalue weighted by Gasteiger charge is -2.29. The van der Waals surface area contributed by atoms with Crippen molar-refractivity contribution in [1.29, 1.82) is 0 Å². The molecule has 60 heavy (non-hydrogen) atoms. The van der Waals surface area contributed by atoms with E-state index in [0.717, 1.165) is 18.7 Å². The molecule has 0 saturated heterocycles. The van der Waals surface area contributed by atoms with Crippen LogP contribution < -0.4 is 21.3 Å². The normalized spacial score (nSPS) is 15.5. The van der Waals surface area contributed by atoms with E-state index in [1.807, 2.05) is 13.8 Å². The predicted molar refractivity (Wildman–Crippen MR) is 211 cm³/mol. The molecule has 1 atom stereocenters. The summed E-state index contributed by atoms with van der Waals surface area (Å²) in [4.78, 5) is 62.0. The first-order valence-corrected chi connectivity index (χ1v) is 19.2. The number of anilines is 1. The van der Waals surface area contributed by atoms with E-state index in [1.165, 1.54) is 6.07 Å². The van der Waals surface area contributed by atoms with E-state index in [9.17, 15) is 32.3 Å². The second-order valence-electron chi connectivity index (χ2n) is 13.9. The number of hydrogen-bond acceptors (Lipinski definition) is 9. The number of carbonyl (C=O) groups excluding carboxylic acids is 3. The van der Waals surface area contributed by atoms with Crippen LogP contribution in [0.5, 0.6) is 0 Å². The number of aromatic amines is 1. The molecule has 3 aromatic carbocycles. The van der Waals surface area contributed by atoms with Gasteiger partial charge in [0, 0.05) is 48.8 Å². The van der Waals surface area contributed by atoms with Gasteiger partial charge in [-0.05, 0) is 91.4 Å². The van der Waals surface area contributed by atoms with Crippen molar-refractivity contribution >= 4 is 35.5 Å². The van der Waals surface area contributed by atoms with E-state index >= 15 is 4.39 Å². The molecule has 0 aliphatic heterocycles. The van der Waals surface area contributed by atoms with Crippen LogP contribution in [0.1, 0.15) is 55.5 Å². The van der Waals surface area contributed by atoms with Crippen LogP contribution in [0.15, 0.2) is 66.7 Å². The fraction of sp³-hybridized carbons (Fsp3) is 0.400. The van der Waals surface area contributed by atoms with Crippen LogP contribution in [0.25, 0.3) is 22.5 Å². The van der Waals surface area contributed by atoms with Crippen molar-refractivity contribution < 1.29 is 51.7 Å². The predicted octanol–water partition coefficient (Wildman–Crippen LogP) is 5.12. The lowest BCUT2D eigenvalue weighted by Crippen LogP contribution is -2.48. The summed E-state index contributed by atoms with van der Waals surface area (Å²) >= 11 is 0. The maximum Gasteiger partial charge on any atom is 0.490 e. The average Bonchev–Trinajstić information content (AvgIpc) is 3.77. The van der Waals surface area contributed by atoms with Crippen molar-refractivity contribution in [2.24, 2.45) is 11.8 Å². The first kappa shape index (κ1) is 46.3. The Morgan fingerprint density at radius 1 is 0.883 bits per heavy atom. The zero-order valence-corrected chi connectivity index (χ0v) is 32.9. The monoisotopic (exact) mass is 841 g/mol. The summed E-state index contributed by atoms with van der Waals surface area (Å²) in [6.07, 6.45) is -3.44. The smallest absolute Gasteiger partial charge is 0.475 e. The Hall–Kier alpha value is -6.44. The maximum atomic E-state index is 15.7. The molecule has 4 amide bonds. The number of carboxylic acid groups (broad SMARTS) is 2. The van der Waals surface area contributed by atoms with Crippen LogP contribution in [-0.2, 0) is 20.8 Å². The number of amides is 4. The minimum Gasteiger partial charge on any atom is -0.475 e. The number of nitrogens with one attached hydrogen (secondary N) is 5. The third kappa shape index (κ3) is 13.8. The van der Waals surface area contributed by atoms with Crippen molar-refractivity contribution in [2.45, 2.75) is 58.2 Å². The highest BCUT2D eigenvalue weighted by atomic mass is 19.4. The molecule has 1 heterocycles. The number of carbonyl (C=O) groups is 5. The van der Waals surface area contributed by atoms with Gasteiger partial charge < -0.3 is 36.4 Å². The van der Waals surface area contributed by atoms with Crippen LogP contribution >= 0.6 is 0 Å². The third-order valence-electron chi connectivity index (χ3n) is 9.95. The van der Waals surface area contributed by atoms with Gasteiger partial charge in [-0.2, -0.15) is 18.4 Å². The molecule has 322 valence electrons. The van der Waals surface area contributed by atoms with Gasteiger partial charge in [0.05, 0.1) is 5.56 Å². The molecule has 16 nitrogen and oxygen atoms in total. The number of H-pyrrole nitrogens is 1. The number of alkyl halides is 3. The van der Waals surface area contributed by atoms with Gasteiger partial charge >= 0.3 is 18.2 Å². The second kappa shape index (κ2) is 22.1. The summed E-state index contributed by atoms with van der Waals surface area (Å²) in [5.41, 5.74) is 2.74. The molecule has 1 aromatic heterocycles. The number of aliphatic carboxylic acids is 1. The Balaban J connectivity index is 0.00000104. The van der Waals surface area contributed by atoms with Gasteiger partial charge in [0.15, 0.2) is 0 Å². The van der Waals surface area contributed by atoms with Crippen LogP contribution in [0.3, 0.4) is 0 Å². The SMILES string of the molecule is CCN(CC)CCNC(=O)c1cccc(-c2ccc(C[C@H](NC(=O)[C@H]3CC[C@H](CNC(=O)O)CC3)C(=O)Nc3ccc(-c4nn[nH]n4)cc3)cc2)c1F.O=C(O)C(F)(F)F. The standard InChI is InChI=1S/C38H46FN9O5.C2HF3O2/c1-3-48(4-2)21-20-40-36(50)31-7-5-6-30(33(31)39)26-12-8-24(9-13-26)22-32(43-35(49)28-14-10-25(11-15-28)23-41-38(52)53)37(51)42-29-18-16-27(17-19-29)34-44-46-47-45-34;3-2(4,5)1(6)7/h5-9,12-13,16-19,25,28,32,41H,3-4,10-11,14-15,20-23H2,1-2H3,(H,40,50)(H,42,51)(H,43,49)(H,52,53)(H,44,45,46,47);(H,6,7)/t25-,28-,32-;/m0./s1. The van der Waals surface area contributed by atoms with Crippen LogP contribution in [-0.4, -0.2) is 110 Å². The van der Waals surface area contributed by atoms with Crippen molar-refractivity contribution in [3.8, 4) is 22.5 Å². The van der Waals surface area contributed by atoms with Gasteiger partial charge in [0.25, 0.3) is 5.91 Å². The molecule has 4 aromatic rings.